The van der Waals surface area contributed by atoms with Gasteiger partial charge in [0.25, 0.3) is 0 Å². The second kappa shape index (κ2) is 19.4. The highest BCUT2D eigenvalue weighted by molar-refractivity contribution is 5.79. The molecule has 0 bridgehead atoms. The Morgan fingerprint density at radius 2 is 1.37 bits per heavy atom. The third-order valence-corrected chi connectivity index (χ3v) is 4.77. The van der Waals surface area contributed by atoms with Gasteiger partial charge in [-0.05, 0) is 38.5 Å². The summed E-state index contributed by atoms with van der Waals surface area (Å²) in [6, 6.07) is 0. The van der Waals surface area contributed by atoms with Gasteiger partial charge in [-0.25, -0.2) is 0 Å². The van der Waals surface area contributed by atoms with E-state index in [0.717, 1.165) is 32.1 Å². The van der Waals surface area contributed by atoms with Gasteiger partial charge in [0.1, 0.15) is 0 Å². The van der Waals surface area contributed by atoms with Crippen LogP contribution in [0.2, 0.25) is 0 Å². The van der Waals surface area contributed by atoms with E-state index in [0.29, 0.717) is 13.0 Å². The van der Waals surface area contributed by atoms with E-state index < -0.39 is 11.9 Å². The summed E-state index contributed by atoms with van der Waals surface area (Å²) in [5.74, 6) is -1.78. The second-order valence-corrected chi connectivity index (χ2v) is 7.48. The molecule has 1 N–H and O–H groups in total. The Kier molecular flexibility index (Phi) is 18.5. The van der Waals surface area contributed by atoms with Crippen molar-refractivity contribution in [3.05, 3.63) is 12.2 Å². The van der Waals surface area contributed by atoms with Gasteiger partial charge in [-0.1, -0.05) is 77.4 Å². The van der Waals surface area contributed by atoms with Crippen LogP contribution in [0.25, 0.3) is 0 Å². The Morgan fingerprint density at radius 1 is 0.815 bits per heavy atom. The number of hydrogen-bond acceptors (Lipinski definition) is 3. The Labute approximate surface area is 166 Å². The summed E-state index contributed by atoms with van der Waals surface area (Å²) in [6.07, 6.45) is 20.5. The van der Waals surface area contributed by atoms with Crippen molar-refractivity contribution in [3.8, 4) is 0 Å². The van der Waals surface area contributed by atoms with Gasteiger partial charge in [0.05, 0.1) is 18.9 Å². The third kappa shape index (κ3) is 17.8. The fourth-order valence-electron chi connectivity index (χ4n) is 3.12. The molecule has 158 valence electrons. The minimum absolute atomic E-state index is 0.124. The molecule has 0 fully saturated rings. The molecule has 1 atom stereocenters. The first-order valence-corrected chi connectivity index (χ1v) is 11.1. The van der Waals surface area contributed by atoms with E-state index in [1.54, 1.807) is 0 Å². The van der Waals surface area contributed by atoms with Gasteiger partial charge in [-0.15, -0.1) is 0 Å². The molecule has 27 heavy (non-hydrogen) atoms. The van der Waals surface area contributed by atoms with Gasteiger partial charge >= 0.3 is 11.9 Å². The standard InChI is InChI=1S/C23H42O4/c1-3-5-6-7-8-9-10-11-12-13-14-15-16-17-18-21(20-22(24)25)23(26)27-19-4-2/h12-13,21H,3-11,14-20H2,1-2H3,(H,24,25)/b13-12+. The van der Waals surface area contributed by atoms with Crippen LogP contribution in [-0.4, -0.2) is 23.7 Å². The Morgan fingerprint density at radius 3 is 1.93 bits per heavy atom. The summed E-state index contributed by atoms with van der Waals surface area (Å²) >= 11 is 0. The highest BCUT2D eigenvalue weighted by Gasteiger charge is 2.22. The number of aliphatic carboxylic acids is 1. The molecule has 4 nitrogen and oxygen atoms in total. The zero-order valence-corrected chi connectivity index (χ0v) is 17.7. The van der Waals surface area contributed by atoms with Crippen molar-refractivity contribution in [3.63, 3.8) is 0 Å². The molecule has 0 saturated carbocycles. The number of unbranched alkanes of at least 4 members (excludes halogenated alkanes) is 10. The van der Waals surface area contributed by atoms with E-state index in [-0.39, 0.29) is 12.4 Å². The van der Waals surface area contributed by atoms with E-state index in [4.69, 9.17) is 9.84 Å². The number of rotatable bonds is 19. The van der Waals surface area contributed by atoms with Gasteiger partial charge in [-0.3, -0.25) is 9.59 Å². The van der Waals surface area contributed by atoms with Crippen LogP contribution in [0.1, 0.15) is 110 Å². The summed E-state index contributed by atoms with van der Waals surface area (Å²) in [4.78, 5) is 22.8. The molecule has 4 heteroatoms. The Balaban J connectivity index is 3.65. The number of ether oxygens (including phenoxy) is 1. The second-order valence-electron chi connectivity index (χ2n) is 7.48. The minimum atomic E-state index is -0.929. The molecule has 0 aromatic carbocycles. The predicted molar refractivity (Wildman–Crippen MR) is 112 cm³/mol. The summed E-state index contributed by atoms with van der Waals surface area (Å²) in [7, 11) is 0. The lowest BCUT2D eigenvalue weighted by atomic mass is 9.97. The van der Waals surface area contributed by atoms with E-state index in [1.807, 2.05) is 6.92 Å². The normalized spacial score (nSPS) is 12.4. The monoisotopic (exact) mass is 382 g/mol. The molecule has 0 saturated heterocycles. The van der Waals surface area contributed by atoms with Gasteiger partial charge in [0.2, 0.25) is 0 Å². The average Bonchev–Trinajstić information content (AvgIpc) is 2.65. The van der Waals surface area contributed by atoms with Crippen LogP contribution in [-0.2, 0) is 14.3 Å². The molecular weight excluding hydrogens is 340 g/mol. The zero-order valence-electron chi connectivity index (χ0n) is 17.7. The highest BCUT2D eigenvalue weighted by atomic mass is 16.5. The van der Waals surface area contributed by atoms with Crippen LogP contribution in [0.3, 0.4) is 0 Å². The molecule has 0 aliphatic carbocycles. The molecule has 0 aromatic rings. The smallest absolute Gasteiger partial charge is 0.309 e. The molecule has 0 aliphatic heterocycles. The van der Waals surface area contributed by atoms with Crippen LogP contribution >= 0.6 is 0 Å². The summed E-state index contributed by atoms with van der Waals surface area (Å²) < 4.78 is 5.11. The van der Waals surface area contributed by atoms with Crippen molar-refractivity contribution in [2.24, 2.45) is 5.92 Å². The number of carbonyl (C=O) groups is 2. The van der Waals surface area contributed by atoms with Gasteiger partial charge in [0, 0.05) is 0 Å². The van der Waals surface area contributed by atoms with Crippen molar-refractivity contribution < 1.29 is 19.4 Å². The van der Waals surface area contributed by atoms with E-state index in [2.05, 4.69) is 19.1 Å². The van der Waals surface area contributed by atoms with Crippen LogP contribution < -0.4 is 0 Å². The number of allylic oxidation sites excluding steroid dienone is 2. The number of carboxylic acids is 1. The quantitative estimate of drug-likeness (QED) is 0.154. The first-order chi connectivity index (χ1) is 13.1. The maximum absolute atomic E-state index is 11.9. The van der Waals surface area contributed by atoms with Gasteiger partial charge < -0.3 is 9.84 Å². The molecule has 0 rings (SSSR count). The van der Waals surface area contributed by atoms with Crippen molar-refractivity contribution in [1.82, 2.24) is 0 Å². The van der Waals surface area contributed by atoms with Crippen LogP contribution in [0.4, 0.5) is 0 Å². The molecule has 1 unspecified atom stereocenters. The lowest BCUT2D eigenvalue weighted by Crippen LogP contribution is -2.21. The number of carbonyl (C=O) groups excluding carboxylic acids is 1. The molecule has 0 radical (unpaired) electrons. The van der Waals surface area contributed by atoms with Crippen LogP contribution in [0.5, 0.6) is 0 Å². The summed E-state index contributed by atoms with van der Waals surface area (Å²) in [5.41, 5.74) is 0. The Hall–Kier alpha value is -1.32. The maximum Gasteiger partial charge on any atom is 0.309 e. The highest BCUT2D eigenvalue weighted by Crippen LogP contribution is 2.17. The van der Waals surface area contributed by atoms with Crippen LogP contribution in [0.15, 0.2) is 12.2 Å². The molecule has 0 aromatic heterocycles. The fraction of sp³-hybridized carbons (Fsp3) is 0.826. The lowest BCUT2D eigenvalue weighted by Gasteiger charge is -2.13. The number of esters is 1. The largest absolute Gasteiger partial charge is 0.481 e. The minimum Gasteiger partial charge on any atom is -0.481 e. The zero-order chi connectivity index (χ0) is 20.2. The first-order valence-electron chi connectivity index (χ1n) is 11.1. The van der Waals surface area contributed by atoms with E-state index in [9.17, 15) is 9.59 Å². The summed E-state index contributed by atoms with van der Waals surface area (Å²) in [5, 5.41) is 8.96. The van der Waals surface area contributed by atoms with Crippen molar-refractivity contribution in [2.45, 2.75) is 110 Å². The van der Waals surface area contributed by atoms with Crippen molar-refractivity contribution in [1.29, 1.82) is 0 Å². The lowest BCUT2D eigenvalue weighted by molar-refractivity contribution is -0.153. The molecular formula is C23H42O4. The fourth-order valence-corrected chi connectivity index (χ4v) is 3.12. The Bertz CT molecular complexity index is 390. The number of carboxylic acid groups (broad SMARTS) is 1. The molecule has 0 spiro atoms. The predicted octanol–water partition coefficient (Wildman–Crippen LogP) is 6.68. The molecule has 0 aliphatic rings. The molecule has 0 amide bonds. The first kappa shape index (κ1) is 25.7. The van der Waals surface area contributed by atoms with E-state index in [1.165, 1.54) is 51.4 Å². The summed E-state index contributed by atoms with van der Waals surface area (Å²) in [6.45, 7) is 4.56. The topological polar surface area (TPSA) is 63.6 Å². The third-order valence-electron chi connectivity index (χ3n) is 4.77. The van der Waals surface area contributed by atoms with Crippen molar-refractivity contribution >= 4 is 11.9 Å². The average molecular weight is 383 g/mol. The number of hydrogen-bond donors (Lipinski definition) is 1. The van der Waals surface area contributed by atoms with Crippen molar-refractivity contribution in [2.75, 3.05) is 6.61 Å². The SMILES string of the molecule is CCCCCCCCC/C=C/CCCCCC(CC(=O)O)C(=O)OCCC. The van der Waals surface area contributed by atoms with Gasteiger partial charge in [-0.2, -0.15) is 0 Å². The van der Waals surface area contributed by atoms with Gasteiger partial charge in [0.15, 0.2) is 0 Å². The van der Waals surface area contributed by atoms with Crippen LogP contribution in [0, 0.1) is 5.92 Å². The van der Waals surface area contributed by atoms with E-state index >= 15 is 0 Å². The maximum atomic E-state index is 11.9. The molecule has 0 heterocycles.